The number of methoxy groups -OCH3 is 1. The van der Waals surface area contributed by atoms with E-state index in [0.29, 0.717) is 18.0 Å². The first kappa shape index (κ1) is 16.1. The summed E-state index contributed by atoms with van der Waals surface area (Å²) in [6.45, 7) is 2.37. The summed E-state index contributed by atoms with van der Waals surface area (Å²) in [5, 5.41) is 2.86. The lowest BCUT2D eigenvalue weighted by atomic mass is 10.1. The van der Waals surface area contributed by atoms with Crippen molar-refractivity contribution in [3.8, 4) is 5.75 Å². The third-order valence-electron chi connectivity index (χ3n) is 4.17. The zero-order chi connectivity index (χ0) is 17.1. The summed E-state index contributed by atoms with van der Waals surface area (Å²) in [4.78, 5) is 26.5. The highest BCUT2D eigenvalue weighted by atomic mass is 16.5. The Labute approximate surface area is 141 Å². The first-order valence-corrected chi connectivity index (χ1v) is 7.89. The van der Waals surface area contributed by atoms with Gasteiger partial charge in [0.15, 0.2) is 0 Å². The Kier molecular flexibility index (Phi) is 4.51. The van der Waals surface area contributed by atoms with Crippen LogP contribution in [0.1, 0.15) is 12.0 Å². The average molecular weight is 324 g/mol. The molecular weight excluding hydrogens is 304 g/mol. The highest BCUT2D eigenvalue weighted by molar-refractivity contribution is 6.03. The van der Waals surface area contributed by atoms with Gasteiger partial charge in [0, 0.05) is 18.7 Å². The van der Waals surface area contributed by atoms with Crippen LogP contribution in [0.5, 0.6) is 5.75 Å². The number of anilines is 2. The molecule has 1 atom stereocenters. The van der Waals surface area contributed by atoms with E-state index in [0.717, 1.165) is 11.3 Å². The number of para-hydroxylation sites is 2. The van der Waals surface area contributed by atoms with Crippen molar-refractivity contribution in [3.05, 3.63) is 54.1 Å². The Morgan fingerprint density at radius 3 is 2.75 bits per heavy atom. The normalized spacial score (nSPS) is 17.0. The maximum Gasteiger partial charge on any atom is 0.229 e. The largest absolute Gasteiger partial charge is 0.495 e. The number of nitrogens with zero attached hydrogens (tertiary/aromatic N) is 1. The zero-order valence-corrected chi connectivity index (χ0v) is 13.8. The third kappa shape index (κ3) is 3.25. The van der Waals surface area contributed by atoms with Crippen molar-refractivity contribution in [2.24, 2.45) is 5.92 Å². The van der Waals surface area contributed by atoms with E-state index in [-0.39, 0.29) is 24.2 Å². The van der Waals surface area contributed by atoms with Crippen LogP contribution in [-0.4, -0.2) is 25.5 Å². The molecule has 1 heterocycles. The van der Waals surface area contributed by atoms with E-state index < -0.39 is 0 Å². The number of carbonyl (C=O) groups excluding carboxylic acids is 2. The lowest BCUT2D eigenvalue weighted by Crippen LogP contribution is -2.28. The van der Waals surface area contributed by atoms with Gasteiger partial charge in [-0.05, 0) is 36.8 Å². The summed E-state index contributed by atoms with van der Waals surface area (Å²) >= 11 is 0. The second kappa shape index (κ2) is 6.74. The molecule has 3 rings (SSSR count). The monoisotopic (exact) mass is 324 g/mol. The molecule has 1 aliphatic rings. The molecule has 2 aromatic rings. The van der Waals surface area contributed by atoms with Crippen LogP contribution in [0.3, 0.4) is 0 Å². The van der Waals surface area contributed by atoms with Crippen LogP contribution in [0.4, 0.5) is 11.4 Å². The summed E-state index contributed by atoms with van der Waals surface area (Å²) in [6.07, 6.45) is 0.217. The maximum absolute atomic E-state index is 12.5. The summed E-state index contributed by atoms with van der Waals surface area (Å²) < 4.78 is 5.24. The Morgan fingerprint density at radius 1 is 1.21 bits per heavy atom. The van der Waals surface area contributed by atoms with E-state index in [1.807, 2.05) is 43.3 Å². The number of ether oxygens (including phenoxy) is 1. The molecular formula is C19H20N2O3. The van der Waals surface area contributed by atoms with Crippen molar-refractivity contribution >= 4 is 23.2 Å². The number of hydrogen-bond acceptors (Lipinski definition) is 3. The average Bonchev–Trinajstić information content (AvgIpc) is 2.97. The number of amides is 2. The molecule has 1 saturated heterocycles. The topological polar surface area (TPSA) is 58.6 Å². The summed E-state index contributed by atoms with van der Waals surface area (Å²) in [7, 11) is 1.56. The Balaban J connectivity index is 1.72. The van der Waals surface area contributed by atoms with Crippen molar-refractivity contribution in [2.75, 3.05) is 23.9 Å². The van der Waals surface area contributed by atoms with Gasteiger partial charge < -0.3 is 15.0 Å². The predicted molar refractivity (Wildman–Crippen MR) is 93.3 cm³/mol. The van der Waals surface area contributed by atoms with Gasteiger partial charge in [0.2, 0.25) is 11.8 Å². The zero-order valence-electron chi connectivity index (χ0n) is 13.8. The highest BCUT2D eigenvalue weighted by Crippen LogP contribution is 2.28. The van der Waals surface area contributed by atoms with Crippen LogP contribution in [0.2, 0.25) is 0 Å². The minimum atomic E-state index is -0.372. The van der Waals surface area contributed by atoms with E-state index in [9.17, 15) is 9.59 Å². The van der Waals surface area contributed by atoms with E-state index in [1.54, 1.807) is 24.1 Å². The highest BCUT2D eigenvalue weighted by Gasteiger charge is 2.35. The molecule has 0 spiro atoms. The minimum absolute atomic E-state index is 0.0271. The molecule has 1 fully saturated rings. The molecule has 124 valence electrons. The van der Waals surface area contributed by atoms with E-state index in [1.165, 1.54) is 0 Å². The van der Waals surface area contributed by atoms with Gasteiger partial charge in [-0.3, -0.25) is 9.59 Å². The molecule has 0 saturated carbocycles. The van der Waals surface area contributed by atoms with Crippen LogP contribution in [0.25, 0.3) is 0 Å². The Morgan fingerprint density at radius 2 is 2.00 bits per heavy atom. The maximum atomic E-state index is 12.5. The SMILES string of the molecule is COc1ccccc1NC(=O)[C@H]1CC(=O)N(c2cccc(C)c2)C1. The molecule has 5 heteroatoms. The third-order valence-corrected chi connectivity index (χ3v) is 4.17. The fourth-order valence-electron chi connectivity index (χ4n) is 2.91. The summed E-state index contributed by atoms with van der Waals surface area (Å²) in [5.74, 6) is 0.0393. The molecule has 24 heavy (non-hydrogen) atoms. The van der Waals surface area contributed by atoms with E-state index in [2.05, 4.69) is 5.32 Å². The molecule has 1 aliphatic heterocycles. The molecule has 1 N–H and O–H groups in total. The Hall–Kier alpha value is -2.82. The summed E-state index contributed by atoms with van der Waals surface area (Å²) in [6, 6.07) is 15.0. The summed E-state index contributed by atoms with van der Waals surface area (Å²) in [5.41, 5.74) is 2.54. The van der Waals surface area contributed by atoms with Gasteiger partial charge in [-0.15, -0.1) is 0 Å². The number of aryl methyl sites for hydroxylation is 1. The van der Waals surface area contributed by atoms with Gasteiger partial charge in [-0.1, -0.05) is 24.3 Å². The fraction of sp³-hybridized carbons (Fsp3) is 0.263. The standard InChI is InChI=1S/C19H20N2O3/c1-13-6-5-7-15(10-13)21-12-14(11-18(21)22)19(23)20-16-8-3-4-9-17(16)24-2/h3-10,14H,11-12H2,1-2H3,(H,20,23)/t14-/m0/s1. The number of nitrogens with one attached hydrogen (secondary N) is 1. The fourth-order valence-corrected chi connectivity index (χ4v) is 2.91. The second-order valence-corrected chi connectivity index (χ2v) is 5.93. The van der Waals surface area contributed by atoms with Crippen molar-refractivity contribution in [2.45, 2.75) is 13.3 Å². The van der Waals surface area contributed by atoms with Gasteiger partial charge in [0.05, 0.1) is 18.7 Å². The molecule has 2 amide bonds. The molecule has 0 aliphatic carbocycles. The molecule has 2 aromatic carbocycles. The van der Waals surface area contributed by atoms with Crippen LogP contribution in [0, 0.1) is 12.8 Å². The van der Waals surface area contributed by atoms with Crippen molar-refractivity contribution in [1.82, 2.24) is 0 Å². The molecule has 0 unspecified atom stereocenters. The Bertz CT molecular complexity index is 773. The first-order chi connectivity index (χ1) is 11.6. The predicted octanol–water partition coefficient (Wildman–Crippen LogP) is 3.00. The van der Waals surface area contributed by atoms with Gasteiger partial charge in [-0.2, -0.15) is 0 Å². The van der Waals surface area contributed by atoms with Crippen molar-refractivity contribution in [1.29, 1.82) is 0 Å². The second-order valence-electron chi connectivity index (χ2n) is 5.93. The number of hydrogen-bond donors (Lipinski definition) is 1. The van der Waals surface area contributed by atoms with E-state index >= 15 is 0 Å². The lowest BCUT2D eigenvalue weighted by Gasteiger charge is -2.17. The minimum Gasteiger partial charge on any atom is -0.495 e. The number of carbonyl (C=O) groups is 2. The van der Waals surface area contributed by atoms with Gasteiger partial charge >= 0.3 is 0 Å². The van der Waals surface area contributed by atoms with Gasteiger partial charge in [-0.25, -0.2) is 0 Å². The van der Waals surface area contributed by atoms with Crippen molar-refractivity contribution in [3.63, 3.8) is 0 Å². The molecule has 5 nitrogen and oxygen atoms in total. The number of benzene rings is 2. The van der Waals surface area contributed by atoms with Crippen LogP contribution in [0.15, 0.2) is 48.5 Å². The van der Waals surface area contributed by atoms with Crippen LogP contribution < -0.4 is 15.0 Å². The molecule has 0 radical (unpaired) electrons. The smallest absolute Gasteiger partial charge is 0.229 e. The van der Waals surface area contributed by atoms with Crippen LogP contribution >= 0.6 is 0 Å². The lowest BCUT2D eigenvalue weighted by molar-refractivity contribution is -0.122. The van der Waals surface area contributed by atoms with Crippen LogP contribution in [-0.2, 0) is 9.59 Å². The van der Waals surface area contributed by atoms with E-state index in [4.69, 9.17) is 4.74 Å². The quantitative estimate of drug-likeness (QED) is 0.940. The molecule has 0 bridgehead atoms. The van der Waals surface area contributed by atoms with Gasteiger partial charge in [0.25, 0.3) is 0 Å². The number of rotatable bonds is 4. The van der Waals surface area contributed by atoms with Gasteiger partial charge in [0.1, 0.15) is 5.75 Å². The van der Waals surface area contributed by atoms with Crippen molar-refractivity contribution < 1.29 is 14.3 Å². The first-order valence-electron chi connectivity index (χ1n) is 7.89. The molecule has 0 aromatic heterocycles.